The molecule has 0 unspecified atom stereocenters. The number of carboxylic acids is 1. The number of ketones is 1. The number of aliphatic carboxylic acids is 1. The zero-order chi connectivity index (χ0) is 19.6. The Morgan fingerprint density at radius 3 is 1.16 bits per heavy atom. The standard InChI is InChI=1S/C6H10O3.3C4H10O.Zr/c1-2-3-5(7)4-6(8)9;3*1-2-3-4-5;/h2-4H2,1H3,(H,8,9);3*5H,2-4H2,1H3;/p-1. The summed E-state index contributed by atoms with van der Waals surface area (Å²) in [7, 11) is 0. The van der Waals surface area contributed by atoms with Crippen LogP contribution in [0.4, 0.5) is 0 Å². The largest absolute Gasteiger partial charge is 0.550 e. The smallest absolute Gasteiger partial charge is 0.138 e. The molecule has 0 saturated heterocycles. The van der Waals surface area contributed by atoms with Crippen molar-refractivity contribution in [3.8, 4) is 0 Å². The number of unbranched alkanes of at least 4 members (excludes halogenated alkanes) is 3. The summed E-state index contributed by atoms with van der Waals surface area (Å²) in [5.41, 5.74) is 0. The van der Waals surface area contributed by atoms with Crippen molar-refractivity contribution in [3.05, 3.63) is 0 Å². The minimum atomic E-state index is -1.28. The van der Waals surface area contributed by atoms with Crippen LogP contribution in [0, 0.1) is 0 Å². The van der Waals surface area contributed by atoms with Crippen LogP contribution in [0.2, 0.25) is 0 Å². The number of hydrogen-bond donors (Lipinski definition) is 3. The second-order valence-electron chi connectivity index (χ2n) is 5.07. The third-order valence-electron chi connectivity index (χ3n) is 2.41. The van der Waals surface area contributed by atoms with Crippen molar-refractivity contribution in [2.75, 3.05) is 19.8 Å². The van der Waals surface area contributed by atoms with E-state index in [0.717, 1.165) is 38.5 Å². The first-order valence-corrected chi connectivity index (χ1v) is 8.95. The number of hydrogen-bond acceptors (Lipinski definition) is 6. The first-order chi connectivity index (χ1) is 11.4. The molecule has 0 aromatic heterocycles. The molecule has 6 nitrogen and oxygen atoms in total. The first kappa shape index (κ1) is 35.9. The molecule has 0 aromatic carbocycles. The van der Waals surface area contributed by atoms with Crippen LogP contribution in [0.25, 0.3) is 0 Å². The van der Waals surface area contributed by atoms with Gasteiger partial charge >= 0.3 is 0 Å². The molecule has 0 saturated carbocycles. The van der Waals surface area contributed by atoms with Gasteiger partial charge < -0.3 is 25.2 Å². The molecule has 25 heavy (non-hydrogen) atoms. The number of aliphatic hydroxyl groups excluding tert-OH is 3. The molecule has 0 aliphatic rings. The van der Waals surface area contributed by atoms with Crippen LogP contribution in [0.15, 0.2) is 0 Å². The first-order valence-electron chi connectivity index (χ1n) is 8.95. The van der Waals surface area contributed by atoms with Crippen molar-refractivity contribution in [1.29, 1.82) is 0 Å². The average molecular weight is 443 g/mol. The minimum Gasteiger partial charge on any atom is -0.550 e. The summed E-state index contributed by atoms with van der Waals surface area (Å²) in [6.07, 6.45) is 6.72. The molecule has 0 heterocycles. The van der Waals surface area contributed by atoms with E-state index < -0.39 is 12.4 Å². The predicted octanol–water partition coefficient (Wildman–Crippen LogP) is 1.83. The Bertz CT molecular complexity index is 217. The van der Waals surface area contributed by atoms with E-state index in [4.69, 9.17) is 15.3 Å². The molecular formula is C18H39O6Zr-. The van der Waals surface area contributed by atoms with Crippen LogP contribution < -0.4 is 5.11 Å². The molecule has 0 fully saturated rings. The molecule has 0 aliphatic carbocycles. The molecule has 0 atom stereocenters. The fraction of sp³-hybridized carbons (Fsp3) is 0.889. The van der Waals surface area contributed by atoms with E-state index in [1.54, 1.807) is 0 Å². The number of aliphatic hydroxyl groups is 3. The third kappa shape index (κ3) is 68.9. The van der Waals surface area contributed by atoms with E-state index in [-0.39, 0.29) is 32.0 Å². The summed E-state index contributed by atoms with van der Waals surface area (Å²) in [4.78, 5) is 20.2. The molecule has 0 amide bonds. The molecule has 152 valence electrons. The second kappa shape index (κ2) is 39.1. The maximum atomic E-state index is 10.4. The van der Waals surface area contributed by atoms with Gasteiger partial charge in [0.2, 0.25) is 0 Å². The number of Topliss-reactive ketones (excluding diaryl/α,β-unsaturated/α-hetero) is 1. The van der Waals surface area contributed by atoms with Crippen LogP contribution in [0.5, 0.6) is 0 Å². The molecule has 0 radical (unpaired) electrons. The maximum absolute atomic E-state index is 10.4. The zero-order valence-corrected chi connectivity index (χ0v) is 19.0. The van der Waals surface area contributed by atoms with Crippen molar-refractivity contribution in [1.82, 2.24) is 0 Å². The van der Waals surface area contributed by atoms with Gasteiger partial charge in [0.05, 0.1) is 0 Å². The average Bonchev–Trinajstić information content (AvgIpc) is 2.51. The van der Waals surface area contributed by atoms with Gasteiger partial charge in [0, 0.05) is 64.8 Å². The minimum absolute atomic E-state index is 0. The number of carboxylic acid groups (broad SMARTS) is 1. The van der Waals surface area contributed by atoms with Crippen molar-refractivity contribution >= 4 is 11.8 Å². The summed E-state index contributed by atoms with van der Waals surface area (Å²) < 4.78 is 0. The fourth-order valence-corrected chi connectivity index (χ4v) is 1.00. The van der Waals surface area contributed by atoms with Gasteiger partial charge in [0.15, 0.2) is 0 Å². The Balaban J connectivity index is -0.0000000733. The summed E-state index contributed by atoms with van der Waals surface area (Å²) >= 11 is 0. The molecule has 7 heteroatoms. The van der Waals surface area contributed by atoms with E-state index >= 15 is 0 Å². The van der Waals surface area contributed by atoms with Crippen LogP contribution in [0.1, 0.15) is 85.5 Å². The second-order valence-corrected chi connectivity index (χ2v) is 5.07. The van der Waals surface area contributed by atoms with Gasteiger partial charge in [-0.05, 0) is 25.7 Å². The summed E-state index contributed by atoms with van der Waals surface area (Å²) in [5.74, 6) is -1.54. The summed E-state index contributed by atoms with van der Waals surface area (Å²) in [6, 6.07) is 0. The predicted molar refractivity (Wildman–Crippen MR) is 95.5 cm³/mol. The van der Waals surface area contributed by atoms with Crippen LogP contribution in [0.3, 0.4) is 0 Å². The Morgan fingerprint density at radius 2 is 1.04 bits per heavy atom. The van der Waals surface area contributed by atoms with E-state index in [2.05, 4.69) is 20.8 Å². The SMILES string of the molecule is CCCC(=O)CC(=O)[O-].CCCCO.CCCCO.CCCCO.[Zr]. The van der Waals surface area contributed by atoms with E-state index in [0.29, 0.717) is 32.7 Å². The summed E-state index contributed by atoms with van der Waals surface area (Å²) in [6.45, 7) is 9.01. The molecule has 0 rings (SSSR count). The topological polar surface area (TPSA) is 118 Å². The van der Waals surface area contributed by atoms with Gasteiger partial charge in [0.1, 0.15) is 5.78 Å². The van der Waals surface area contributed by atoms with Gasteiger partial charge in [-0.15, -0.1) is 0 Å². The van der Waals surface area contributed by atoms with Gasteiger partial charge in [0.25, 0.3) is 0 Å². The number of rotatable bonds is 10. The normalized spacial score (nSPS) is 8.28. The third-order valence-corrected chi connectivity index (χ3v) is 2.41. The van der Waals surface area contributed by atoms with Gasteiger partial charge in [-0.2, -0.15) is 0 Å². The van der Waals surface area contributed by atoms with Crippen LogP contribution in [-0.2, 0) is 35.8 Å². The van der Waals surface area contributed by atoms with Gasteiger partial charge in [-0.1, -0.05) is 47.0 Å². The van der Waals surface area contributed by atoms with Crippen molar-refractivity contribution in [3.63, 3.8) is 0 Å². The monoisotopic (exact) mass is 441 g/mol. The number of carbonyl (C=O) groups is 2. The molecular weight excluding hydrogens is 403 g/mol. The Kier molecular flexibility index (Phi) is 56.2. The van der Waals surface area contributed by atoms with Crippen molar-refractivity contribution in [2.45, 2.75) is 85.5 Å². The van der Waals surface area contributed by atoms with Gasteiger partial charge in [-0.3, -0.25) is 4.79 Å². The molecule has 0 bridgehead atoms. The van der Waals surface area contributed by atoms with Crippen molar-refractivity contribution in [2.24, 2.45) is 0 Å². The van der Waals surface area contributed by atoms with Crippen LogP contribution >= 0.6 is 0 Å². The quantitative estimate of drug-likeness (QED) is 0.444. The number of carbonyl (C=O) groups excluding carboxylic acids is 2. The molecule has 3 N–H and O–H groups in total. The Morgan fingerprint density at radius 1 is 0.720 bits per heavy atom. The molecule has 0 aliphatic heterocycles. The molecule has 0 spiro atoms. The fourth-order valence-electron chi connectivity index (χ4n) is 1.00. The van der Waals surface area contributed by atoms with E-state index in [1.807, 2.05) is 6.92 Å². The Hall–Kier alpha value is -0.0969. The van der Waals surface area contributed by atoms with Crippen LogP contribution in [-0.4, -0.2) is 46.9 Å². The van der Waals surface area contributed by atoms with E-state index in [9.17, 15) is 14.7 Å². The maximum Gasteiger partial charge on any atom is 0.138 e. The summed E-state index contributed by atoms with van der Waals surface area (Å²) in [5, 5.41) is 34.0. The van der Waals surface area contributed by atoms with E-state index in [1.165, 1.54) is 0 Å². The molecule has 0 aromatic rings. The zero-order valence-electron chi connectivity index (χ0n) is 16.6. The van der Waals surface area contributed by atoms with Gasteiger partial charge in [-0.25, -0.2) is 0 Å². The van der Waals surface area contributed by atoms with Crippen molar-refractivity contribution < 1.29 is 56.2 Å². The Labute approximate surface area is 173 Å².